The third kappa shape index (κ3) is 2.64. The Bertz CT molecular complexity index is 883. The summed E-state index contributed by atoms with van der Waals surface area (Å²) in [6, 6.07) is 12.8. The van der Waals surface area contributed by atoms with Crippen LogP contribution in [0.15, 0.2) is 54.6 Å². The fraction of sp³-hybridized carbons (Fsp3) is 0.238. The first-order valence-corrected chi connectivity index (χ1v) is 8.44. The number of carboxylic acid groups (broad SMARTS) is 1. The first kappa shape index (κ1) is 15.6. The molecule has 0 amide bonds. The van der Waals surface area contributed by atoms with Gasteiger partial charge in [0.2, 0.25) is 0 Å². The van der Waals surface area contributed by atoms with E-state index in [0.717, 1.165) is 28.8 Å². The minimum absolute atomic E-state index is 0.0707. The number of carbonyl (C=O) groups excluding carboxylic acids is 2. The van der Waals surface area contributed by atoms with Crippen LogP contribution < -0.4 is 10.4 Å². The molecule has 3 atom stereocenters. The van der Waals surface area contributed by atoms with Gasteiger partial charge < -0.3 is 15.2 Å². The maximum Gasteiger partial charge on any atom is 0.159 e. The fourth-order valence-electron chi connectivity index (χ4n) is 3.97. The molecule has 0 radical (unpaired) electrons. The summed E-state index contributed by atoms with van der Waals surface area (Å²) >= 11 is 0. The number of nitrogens with one attached hydrogen (secondary N) is 1. The number of hydrogen-bond acceptors (Lipinski definition) is 4. The number of Topliss-reactive ketones (excluding diaryl/α,β-unsaturated/α-hetero) is 1. The molecule has 0 saturated carbocycles. The molecule has 0 spiro atoms. The van der Waals surface area contributed by atoms with Gasteiger partial charge in [0.25, 0.3) is 0 Å². The van der Waals surface area contributed by atoms with Crippen LogP contribution in [0.1, 0.15) is 57.1 Å². The Kier molecular flexibility index (Phi) is 3.68. The number of carbonyl (C=O) groups is 2. The molecule has 0 saturated heterocycles. The van der Waals surface area contributed by atoms with Gasteiger partial charge in [0.1, 0.15) is 0 Å². The summed E-state index contributed by atoms with van der Waals surface area (Å²) in [5.74, 6) is -0.475. The van der Waals surface area contributed by atoms with Gasteiger partial charge >= 0.3 is 0 Å². The van der Waals surface area contributed by atoms with Gasteiger partial charge in [-0.3, -0.25) is 4.79 Å². The highest BCUT2D eigenvalue weighted by Gasteiger charge is 2.37. The summed E-state index contributed by atoms with van der Waals surface area (Å²) in [6.45, 7) is 1.58. The Balaban J connectivity index is 1.72. The van der Waals surface area contributed by atoms with Crippen LogP contribution in [0.4, 0.5) is 5.69 Å². The first-order valence-electron chi connectivity index (χ1n) is 8.44. The predicted octanol–water partition coefficient (Wildman–Crippen LogP) is 3.08. The highest BCUT2D eigenvalue weighted by atomic mass is 16.4. The van der Waals surface area contributed by atoms with Crippen LogP contribution in [0.2, 0.25) is 0 Å². The van der Waals surface area contributed by atoms with Crippen molar-refractivity contribution in [1.29, 1.82) is 0 Å². The Morgan fingerprint density at radius 2 is 1.80 bits per heavy atom. The second kappa shape index (κ2) is 5.88. The molecule has 0 aromatic heterocycles. The molecule has 1 heterocycles. The summed E-state index contributed by atoms with van der Waals surface area (Å²) in [4.78, 5) is 22.7. The van der Waals surface area contributed by atoms with Gasteiger partial charge in [-0.2, -0.15) is 0 Å². The van der Waals surface area contributed by atoms with Crippen LogP contribution in [0.5, 0.6) is 0 Å². The van der Waals surface area contributed by atoms with Crippen molar-refractivity contribution in [2.45, 2.75) is 25.3 Å². The van der Waals surface area contributed by atoms with Crippen LogP contribution in [0, 0.1) is 5.92 Å². The molecule has 4 rings (SSSR count). The topological polar surface area (TPSA) is 69.2 Å². The van der Waals surface area contributed by atoms with E-state index in [4.69, 9.17) is 0 Å². The van der Waals surface area contributed by atoms with Gasteiger partial charge in [-0.1, -0.05) is 36.4 Å². The zero-order valence-electron chi connectivity index (χ0n) is 13.9. The Morgan fingerprint density at radius 3 is 2.48 bits per heavy atom. The van der Waals surface area contributed by atoms with Crippen molar-refractivity contribution in [3.8, 4) is 0 Å². The van der Waals surface area contributed by atoms with Crippen LogP contribution in [0.3, 0.4) is 0 Å². The lowest BCUT2D eigenvalue weighted by Crippen LogP contribution is -2.29. The zero-order valence-corrected chi connectivity index (χ0v) is 13.9. The minimum Gasteiger partial charge on any atom is -0.545 e. The lowest BCUT2D eigenvalue weighted by atomic mass is 9.76. The largest absolute Gasteiger partial charge is 0.545 e. The van der Waals surface area contributed by atoms with Crippen LogP contribution in [0.25, 0.3) is 0 Å². The number of allylic oxidation sites excluding steroid dienone is 2. The number of hydrogen-bond donors (Lipinski definition) is 1. The lowest BCUT2D eigenvalue weighted by Gasteiger charge is -2.37. The summed E-state index contributed by atoms with van der Waals surface area (Å²) < 4.78 is 0. The van der Waals surface area contributed by atoms with Gasteiger partial charge in [-0.25, -0.2) is 0 Å². The standard InChI is InChI=1S/C21H19NO3/c1-12(23)15-9-10-19-18(11-15)16-3-2-4-17(16)20(22-19)13-5-7-14(8-6-13)21(24)25/h2-3,5-11,16-17,20,22H,4H2,1H3,(H,24,25)/p-1/t16-,17-,20+/m0/s1. The van der Waals surface area contributed by atoms with E-state index < -0.39 is 5.97 Å². The van der Waals surface area contributed by atoms with Gasteiger partial charge in [-0.15, -0.1) is 0 Å². The average molecular weight is 332 g/mol. The van der Waals surface area contributed by atoms with Crippen molar-refractivity contribution in [1.82, 2.24) is 0 Å². The normalized spacial score (nSPS) is 23.5. The van der Waals surface area contributed by atoms with Gasteiger partial charge in [0.05, 0.1) is 12.0 Å². The van der Waals surface area contributed by atoms with Crippen molar-refractivity contribution in [3.05, 3.63) is 76.9 Å². The Labute approximate surface area is 146 Å². The third-order valence-corrected chi connectivity index (χ3v) is 5.27. The number of carboxylic acids is 1. The zero-order chi connectivity index (χ0) is 17.6. The van der Waals surface area contributed by atoms with E-state index in [1.165, 1.54) is 0 Å². The summed E-state index contributed by atoms with van der Waals surface area (Å²) in [7, 11) is 0. The molecule has 0 bridgehead atoms. The molecule has 4 nitrogen and oxygen atoms in total. The van der Waals surface area contributed by atoms with Gasteiger partial charge in [0, 0.05) is 17.2 Å². The molecule has 1 aliphatic carbocycles. The fourth-order valence-corrected chi connectivity index (χ4v) is 3.97. The van der Waals surface area contributed by atoms with Gasteiger partial charge in [-0.05, 0) is 54.2 Å². The van der Waals surface area contributed by atoms with Crippen molar-refractivity contribution >= 4 is 17.4 Å². The number of anilines is 1. The van der Waals surface area contributed by atoms with Crippen LogP contribution in [-0.2, 0) is 0 Å². The Hall–Kier alpha value is -2.88. The van der Waals surface area contributed by atoms with Crippen LogP contribution in [-0.4, -0.2) is 11.8 Å². The maximum atomic E-state index is 11.7. The quantitative estimate of drug-likeness (QED) is 0.693. The van der Waals surface area contributed by atoms with Crippen molar-refractivity contribution < 1.29 is 14.7 Å². The molecule has 2 aromatic rings. The Morgan fingerprint density at radius 1 is 1.08 bits per heavy atom. The molecular weight excluding hydrogens is 314 g/mol. The molecule has 1 N–H and O–H groups in total. The van der Waals surface area contributed by atoms with E-state index in [9.17, 15) is 14.7 Å². The highest BCUT2D eigenvalue weighted by Crippen LogP contribution is 2.49. The molecule has 0 unspecified atom stereocenters. The highest BCUT2D eigenvalue weighted by molar-refractivity contribution is 5.95. The van der Waals surface area contributed by atoms with E-state index in [1.54, 1.807) is 19.1 Å². The molecule has 4 heteroatoms. The molecule has 2 aliphatic rings. The molecular formula is C21H18NO3-. The van der Waals surface area contributed by atoms with Crippen molar-refractivity contribution in [2.24, 2.45) is 5.92 Å². The van der Waals surface area contributed by atoms with Crippen molar-refractivity contribution in [3.63, 3.8) is 0 Å². The second-order valence-electron chi connectivity index (χ2n) is 6.74. The third-order valence-electron chi connectivity index (χ3n) is 5.27. The lowest BCUT2D eigenvalue weighted by molar-refractivity contribution is -0.255. The monoisotopic (exact) mass is 332 g/mol. The summed E-state index contributed by atoms with van der Waals surface area (Å²) in [6.07, 6.45) is 5.36. The number of rotatable bonds is 3. The average Bonchev–Trinajstić information content (AvgIpc) is 3.10. The van der Waals surface area contributed by atoms with E-state index in [2.05, 4.69) is 17.5 Å². The van der Waals surface area contributed by atoms with Crippen molar-refractivity contribution in [2.75, 3.05) is 5.32 Å². The van der Waals surface area contributed by atoms with E-state index >= 15 is 0 Å². The molecule has 2 aromatic carbocycles. The van der Waals surface area contributed by atoms with Gasteiger partial charge in [0.15, 0.2) is 5.78 Å². The minimum atomic E-state index is -1.16. The number of fused-ring (bicyclic) bond motifs is 3. The summed E-state index contributed by atoms with van der Waals surface area (Å²) in [5.41, 5.74) is 4.18. The van der Waals surface area contributed by atoms with E-state index in [1.807, 2.05) is 30.3 Å². The number of benzene rings is 2. The maximum absolute atomic E-state index is 11.7. The number of aromatic carboxylic acids is 1. The van der Waals surface area contributed by atoms with E-state index in [0.29, 0.717) is 5.92 Å². The molecule has 25 heavy (non-hydrogen) atoms. The summed E-state index contributed by atoms with van der Waals surface area (Å²) in [5, 5.41) is 14.5. The molecule has 1 aliphatic heterocycles. The van der Waals surface area contributed by atoms with Crippen LogP contribution >= 0.6 is 0 Å². The predicted molar refractivity (Wildman–Crippen MR) is 93.6 cm³/mol. The first-order chi connectivity index (χ1) is 12.0. The number of ketones is 1. The van der Waals surface area contributed by atoms with E-state index in [-0.39, 0.29) is 23.3 Å². The SMILES string of the molecule is CC(=O)c1ccc2c(c1)[C@H]1C=CC[C@@H]1[C@@H](c1ccc(C(=O)[O-])cc1)N2. The molecule has 0 fully saturated rings. The second-order valence-corrected chi connectivity index (χ2v) is 6.74. The molecule has 126 valence electrons. The smallest absolute Gasteiger partial charge is 0.159 e.